The summed E-state index contributed by atoms with van der Waals surface area (Å²) in [4.78, 5) is 16.7. The number of pyridine rings is 1. The molecule has 0 spiro atoms. The van der Waals surface area contributed by atoms with Gasteiger partial charge < -0.3 is 9.72 Å². The Morgan fingerprint density at radius 3 is 2.55 bits per heavy atom. The van der Waals surface area contributed by atoms with Gasteiger partial charge in [-0.25, -0.2) is 4.98 Å². The lowest BCUT2D eigenvalue weighted by molar-refractivity contribution is -0.115. The number of imidazole rings is 1. The van der Waals surface area contributed by atoms with Gasteiger partial charge >= 0.3 is 0 Å². The molecule has 1 amide bonds. The number of fused-ring (bicyclic) bond motifs is 1. The molecule has 0 fully saturated rings. The van der Waals surface area contributed by atoms with E-state index in [0.29, 0.717) is 0 Å². The SMILES string of the molecule is Cc1cc(C)cc(NC(=O)Cc2cn3ccc(C)cc3n2)c1. The largest absolute Gasteiger partial charge is 0.326 e. The fourth-order valence-electron chi connectivity index (χ4n) is 2.64. The molecule has 4 nitrogen and oxygen atoms in total. The van der Waals surface area contributed by atoms with Crippen molar-refractivity contribution in [2.45, 2.75) is 27.2 Å². The van der Waals surface area contributed by atoms with Gasteiger partial charge in [-0.3, -0.25) is 4.79 Å². The number of nitrogens with zero attached hydrogens (tertiary/aromatic N) is 2. The first-order chi connectivity index (χ1) is 10.5. The monoisotopic (exact) mass is 293 g/mol. The molecule has 2 aromatic heterocycles. The van der Waals surface area contributed by atoms with Crippen molar-refractivity contribution < 1.29 is 4.79 Å². The Hall–Kier alpha value is -2.62. The summed E-state index contributed by atoms with van der Waals surface area (Å²) in [5.74, 6) is -0.0508. The lowest BCUT2D eigenvalue weighted by atomic mass is 10.1. The molecule has 0 aliphatic rings. The van der Waals surface area contributed by atoms with Gasteiger partial charge in [0, 0.05) is 18.1 Å². The smallest absolute Gasteiger partial charge is 0.230 e. The van der Waals surface area contributed by atoms with Crippen LogP contribution in [0.1, 0.15) is 22.4 Å². The summed E-state index contributed by atoms with van der Waals surface area (Å²) in [6.45, 7) is 6.07. The molecule has 1 aromatic carbocycles. The fourth-order valence-corrected chi connectivity index (χ4v) is 2.64. The second kappa shape index (κ2) is 5.64. The van der Waals surface area contributed by atoms with Gasteiger partial charge in [-0.15, -0.1) is 0 Å². The Kier molecular flexibility index (Phi) is 3.67. The zero-order valence-electron chi connectivity index (χ0n) is 13.1. The van der Waals surface area contributed by atoms with E-state index in [1.165, 1.54) is 0 Å². The van der Waals surface area contributed by atoms with Crippen molar-refractivity contribution in [2.24, 2.45) is 0 Å². The lowest BCUT2D eigenvalue weighted by Crippen LogP contribution is -2.14. The van der Waals surface area contributed by atoms with Crippen molar-refractivity contribution in [3.8, 4) is 0 Å². The summed E-state index contributed by atoms with van der Waals surface area (Å²) in [7, 11) is 0. The number of aromatic nitrogens is 2. The highest BCUT2D eigenvalue weighted by atomic mass is 16.1. The van der Waals surface area contributed by atoms with Crippen LogP contribution in [0.4, 0.5) is 5.69 Å². The first-order valence-corrected chi connectivity index (χ1v) is 7.32. The van der Waals surface area contributed by atoms with Crippen LogP contribution in [-0.2, 0) is 11.2 Å². The number of nitrogens with one attached hydrogen (secondary N) is 1. The molecule has 2 heterocycles. The zero-order chi connectivity index (χ0) is 15.7. The lowest BCUT2D eigenvalue weighted by Gasteiger charge is -2.06. The van der Waals surface area contributed by atoms with Crippen molar-refractivity contribution in [1.29, 1.82) is 0 Å². The molecule has 0 aliphatic heterocycles. The van der Waals surface area contributed by atoms with Crippen molar-refractivity contribution >= 4 is 17.2 Å². The van der Waals surface area contributed by atoms with E-state index in [2.05, 4.69) is 16.4 Å². The standard InChI is InChI=1S/C18H19N3O/c1-12-4-5-21-11-16(19-17(21)9-12)10-18(22)20-15-7-13(2)6-14(3)8-15/h4-9,11H,10H2,1-3H3,(H,20,22). The molecule has 0 unspecified atom stereocenters. The molecule has 0 radical (unpaired) electrons. The van der Waals surface area contributed by atoms with Crippen molar-refractivity contribution in [2.75, 3.05) is 5.32 Å². The summed E-state index contributed by atoms with van der Waals surface area (Å²) in [5.41, 5.74) is 5.91. The maximum atomic E-state index is 12.2. The molecule has 3 aromatic rings. The Labute approximate surface area is 129 Å². The van der Waals surface area contributed by atoms with Gasteiger partial charge in [0.05, 0.1) is 12.1 Å². The van der Waals surface area contributed by atoms with E-state index in [4.69, 9.17) is 0 Å². The summed E-state index contributed by atoms with van der Waals surface area (Å²) in [6.07, 6.45) is 4.13. The minimum Gasteiger partial charge on any atom is -0.326 e. The van der Waals surface area contributed by atoms with Gasteiger partial charge in [0.2, 0.25) is 5.91 Å². The van der Waals surface area contributed by atoms with Crippen LogP contribution in [-0.4, -0.2) is 15.3 Å². The maximum Gasteiger partial charge on any atom is 0.230 e. The van der Waals surface area contributed by atoms with Gasteiger partial charge in [0.1, 0.15) is 5.65 Å². The van der Waals surface area contributed by atoms with E-state index < -0.39 is 0 Å². The Morgan fingerprint density at radius 1 is 1.09 bits per heavy atom. The first-order valence-electron chi connectivity index (χ1n) is 7.32. The quantitative estimate of drug-likeness (QED) is 0.804. The van der Waals surface area contributed by atoms with Gasteiger partial charge in [0.25, 0.3) is 0 Å². The molecule has 0 bridgehead atoms. The summed E-state index contributed by atoms with van der Waals surface area (Å²) < 4.78 is 1.94. The van der Waals surface area contributed by atoms with E-state index in [1.54, 1.807) is 0 Å². The Morgan fingerprint density at radius 2 is 1.82 bits per heavy atom. The van der Waals surface area contributed by atoms with Gasteiger partial charge in [-0.1, -0.05) is 6.07 Å². The highest BCUT2D eigenvalue weighted by Gasteiger charge is 2.08. The topological polar surface area (TPSA) is 46.4 Å². The number of benzene rings is 1. The number of hydrogen-bond donors (Lipinski definition) is 1. The second-order valence-electron chi connectivity index (χ2n) is 5.80. The normalized spacial score (nSPS) is 10.9. The second-order valence-corrected chi connectivity index (χ2v) is 5.80. The van der Waals surface area contributed by atoms with Crippen LogP contribution >= 0.6 is 0 Å². The number of carbonyl (C=O) groups is 1. The average molecular weight is 293 g/mol. The molecule has 112 valence electrons. The van der Waals surface area contributed by atoms with E-state index in [1.807, 2.05) is 61.8 Å². The molecule has 3 rings (SSSR count). The van der Waals surface area contributed by atoms with Crippen LogP contribution in [0.15, 0.2) is 42.7 Å². The van der Waals surface area contributed by atoms with Crippen LogP contribution in [0.2, 0.25) is 0 Å². The summed E-state index contributed by atoms with van der Waals surface area (Å²) in [5, 5.41) is 2.94. The van der Waals surface area contributed by atoms with Crippen LogP contribution in [0.5, 0.6) is 0 Å². The predicted molar refractivity (Wildman–Crippen MR) is 88.2 cm³/mol. The first kappa shape index (κ1) is 14.3. The third-order valence-electron chi connectivity index (χ3n) is 3.51. The van der Waals surface area contributed by atoms with Crippen LogP contribution < -0.4 is 5.32 Å². The van der Waals surface area contributed by atoms with E-state index in [9.17, 15) is 4.79 Å². The molecule has 0 saturated heterocycles. The van der Waals surface area contributed by atoms with Gasteiger partial charge in [-0.05, 0) is 61.7 Å². The molecule has 0 aliphatic carbocycles. The summed E-state index contributed by atoms with van der Waals surface area (Å²) >= 11 is 0. The number of carbonyl (C=O) groups excluding carboxylic acids is 1. The Bertz CT molecular complexity index is 828. The minimum absolute atomic E-state index is 0.0508. The molecule has 0 saturated carbocycles. The van der Waals surface area contributed by atoms with Crippen LogP contribution in [0, 0.1) is 20.8 Å². The number of rotatable bonds is 3. The maximum absolute atomic E-state index is 12.2. The van der Waals surface area contributed by atoms with Crippen molar-refractivity contribution in [3.63, 3.8) is 0 Å². The highest BCUT2D eigenvalue weighted by Crippen LogP contribution is 2.14. The minimum atomic E-state index is -0.0508. The van der Waals surface area contributed by atoms with Gasteiger partial charge in [-0.2, -0.15) is 0 Å². The molecule has 4 heteroatoms. The molecule has 22 heavy (non-hydrogen) atoms. The fraction of sp³-hybridized carbons (Fsp3) is 0.222. The zero-order valence-corrected chi connectivity index (χ0v) is 13.1. The summed E-state index contributed by atoms with van der Waals surface area (Å²) in [6, 6.07) is 10.1. The van der Waals surface area contributed by atoms with E-state index in [0.717, 1.165) is 33.7 Å². The number of amides is 1. The third-order valence-corrected chi connectivity index (χ3v) is 3.51. The third kappa shape index (κ3) is 3.17. The molecule has 1 N–H and O–H groups in total. The average Bonchev–Trinajstić information content (AvgIpc) is 2.78. The van der Waals surface area contributed by atoms with Gasteiger partial charge in [0.15, 0.2) is 0 Å². The highest BCUT2D eigenvalue weighted by molar-refractivity contribution is 5.92. The van der Waals surface area contributed by atoms with Crippen molar-refractivity contribution in [3.05, 3.63) is 65.1 Å². The molecular formula is C18H19N3O. The predicted octanol–water partition coefficient (Wildman–Crippen LogP) is 3.44. The van der Waals surface area contributed by atoms with E-state index in [-0.39, 0.29) is 12.3 Å². The van der Waals surface area contributed by atoms with Crippen LogP contribution in [0.25, 0.3) is 5.65 Å². The number of aryl methyl sites for hydroxylation is 3. The number of hydrogen-bond acceptors (Lipinski definition) is 2. The van der Waals surface area contributed by atoms with Crippen molar-refractivity contribution in [1.82, 2.24) is 9.38 Å². The number of anilines is 1. The molecular weight excluding hydrogens is 274 g/mol. The Balaban J connectivity index is 1.75. The van der Waals surface area contributed by atoms with E-state index >= 15 is 0 Å². The molecule has 0 atom stereocenters. The van der Waals surface area contributed by atoms with Crippen LogP contribution in [0.3, 0.4) is 0 Å².